The second kappa shape index (κ2) is 4.66. The van der Waals surface area contributed by atoms with Crippen LogP contribution in [-0.4, -0.2) is 22.1 Å². The lowest BCUT2D eigenvalue weighted by molar-refractivity contribution is -0.123. The summed E-state index contributed by atoms with van der Waals surface area (Å²) in [7, 11) is 0. The highest BCUT2D eigenvalue weighted by molar-refractivity contribution is 5.95. The number of carbonyl (C=O) groups is 1. The molecule has 2 aromatic rings. The van der Waals surface area contributed by atoms with Gasteiger partial charge in [-0.05, 0) is 25.1 Å². The zero-order valence-electron chi connectivity index (χ0n) is 11.5. The van der Waals surface area contributed by atoms with Crippen LogP contribution in [0.1, 0.15) is 33.6 Å². The highest BCUT2D eigenvalue weighted by atomic mass is 16.3. The van der Waals surface area contributed by atoms with Gasteiger partial charge in [-0.25, -0.2) is 4.98 Å². The zero-order valence-corrected chi connectivity index (χ0v) is 11.5. The summed E-state index contributed by atoms with van der Waals surface area (Å²) in [5.41, 5.74) is 1.79. The van der Waals surface area contributed by atoms with Crippen molar-refractivity contribution in [1.29, 1.82) is 0 Å². The van der Waals surface area contributed by atoms with E-state index in [2.05, 4.69) is 10.3 Å². The molecule has 1 unspecified atom stereocenters. The molecule has 19 heavy (non-hydrogen) atoms. The third-order valence-corrected chi connectivity index (χ3v) is 2.68. The minimum atomic E-state index is -1.04. The number of nitrogens with one attached hydrogen (secondary N) is 1. The summed E-state index contributed by atoms with van der Waals surface area (Å²) >= 11 is 0. The fourth-order valence-corrected chi connectivity index (χ4v) is 1.57. The van der Waals surface area contributed by atoms with Gasteiger partial charge in [-0.2, -0.15) is 0 Å². The van der Waals surface area contributed by atoms with E-state index in [1.807, 2.05) is 20.8 Å². The number of anilines is 1. The van der Waals surface area contributed by atoms with E-state index in [1.54, 1.807) is 18.2 Å². The van der Waals surface area contributed by atoms with E-state index in [4.69, 9.17) is 9.52 Å². The number of carbonyl (C=O) groups excluding carboxylic acids is 1. The number of hydrogen-bond acceptors (Lipinski definition) is 4. The van der Waals surface area contributed by atoms with E-state index in [0.717, 1.165) is 0 Å². The monoisotopic (exact) mass is 262 g/mol. The van der Waals surface area contributed by atoms with Crippen LogP contribution in [0.25, 0.3) is 11.1 Å². The quantitative estimate of drug-likeness (QED) is 0.871. The Kier molecular flexibility index (Phi) is 3.32. The second-order valence-corrected chi connectivity index (χ2v) is 5.62. The van der Waals surface area contributed by atoms with Gasteiger partial charge in [0.05, 0.1) is 0 Å². The van der Waals surface area contributed by atoms with Gasteiger partial charge in [-0.3, -0.25) is 4.79 Å². The lowest BCUT2D eigenvalue weighted by Gasteiger charge is -2.11. The van der Waals surface area contributed by atoms with Gasteiger partial charge in [0.15, 0.2) is 5.58 Å². The molecule has 0 aliphatic carbocycles. The predicted molar refractivity (Wildman–Crippen MR) is 73.0 cm³/mol. The Bertz CT molecular complexity index is 609. The van der Waals surface area contributed by atoms with Crippen LogP contribution in [0.4, 0.5) is 5.69 Å². The van der Waals surface area contributed by atoms with Crippen molar-refractivity contribution in [1.82, 2.24) is 4.98 Å². The maximum atomic E-state index is 11.4. The van der Waals surface area contributed by atoms with Gasteiger partial charge in [0.2, 0.25) is 5.89 Å². The maximum Gasteiger partial charge on any atom is 0.252 e. The summed E-state index contributed by atoms with van der Waals surface area (Å²) in [6.07, 6.45) is -1.04. The second-order valence-electron chi connectivity index (χ2n) is 5.62. The van der Waals surface area contributed by atoms with Crippen molar-refractivity contribution >= 4 is 22.7 Å². The minimum absolute atomic E-state index is 0.165. The van der Waals surface area contributed by atoms with Gasteiger partial charge in [-0.1, -0.05) is 20.8 Å². The number of oxazole rings is 1. The van der Waals surface area contributed by atoms with Crippen molar-refractivity contribution in [2.75, 3.05) is 5.32 Å². The van der Waals surface area contributed by atoms with Crippen LogP contribution in [0.2, 0.25) is 0 Å². The highest BCUT2D eigenvalue weighted by Gasteiger charge is 2.21. The molecular formula is C14H18N2O3. The van der Waals surface area contributed by atoms with Crippen molar-refractivity contribution in [2.45, 2.75) is 39.2 Å². The van der Waals surface area contributed by atoms with E-state index in [-0.39, 0.29) is 5.41 Å². The molecule has 1 amide bonds. The number of hydrogen-bond donors (Lipinski definition) is 2. The third kappa shape index (κ3) is 2.93. The van der Waals surface area contributed by atoms with Crippen molar-refractivity contribution in [2.24, 2.45) is 0 Å². The summed E-state index contributed by atoms with van der Waals surface area (Å²) < 4.78 is 5.67. The van der Waals surface area contributed by atoms with E-state index in [9.17, 15) is 4.79 Å². The summed E-state index contributed by atoms with van der Waals surface area (Å²) in [5.74, 6) is 0.209. The molecule has 0 radical (unpaired) electrons. The zero-order chi connectivity index (χ0) is 14.2. The van der Waals surface area contributed by atoms with Crippen LogP contribution < -0.4 is 5.32 Å². The maximum absolute atomic E-state index is 11.4. The standard InChI is InChI=1S/C14H18N2O3/c1-8(17)12(18)15-9-5-6-11-10(7-9)16-13(19-11)14(2,3)4/h5-8,17H,1-4H3,(H,15,18). The molecule has 0 saturated carbocycles. The molecular weight excluding hydrogens is 244 g/mol. The summed E-state index contributed by atoms with van der Waals surface area (Å²) in [6, 6.07) is 5.21. The number of nitrogens with zero attached hydrogens (tertiary/aromatic N) is 1. The Labute approximate surface area is 111 Å². The molecule has 0 fully saturated rings. The Morgan fingerprint density at radius 3 is 2.68 bits per heavy atom. The Balaban J connectivity index is 2.33. The molecule has 5 heteroatoms. The van der Waals surface area contributed by atoms with Crippen molar-refractivity contribution in [3.63, 3.8) is 0 Å². The number of rotatable bonds is 2. The topological polar surface area (TPSA) is 75.4 Å². The molecule has 2 N–H and O–H groups in total. The number of aliphatic hydroxyl groups excluding tert-OH is 1. The molecule has 0 spiro atoms. The van der Waals surface area contributed by atoms with Crippen molar-refractivity contribution in [3.05, 3.63) is 24.1 Å². The van der Waals surface area contributed by atoms with Crippen molar-refractivity contribution in [3.8, 4) is 0 Å². The Hall–Kier alpha value is -1.88. The Morgan fingerprint density at radius 1 is 1.42 bits per heavy atom. The van der Waals surface area contributed by atoms with Crippen LogP contribution in [0.5, 0.6) is 0 Å². The van der Waals surface area contributed by atoms with E-state index < -0.39 is 12.0 Å². The third-order valence-electron chi connectivity index (χ3n) is 2.68. The molecule has 0 aliphatic rings. The molecule has 5 nitrogen and oxygen atoms in total. The first-order chi connectivity index (χ1) is 8.77. The smallest absolute Gasteiger partial charge is 0.252 e. The van der Waals surface area contributed by atoms with Crippen LogP contribution in [0.15, 0.2) is 22.6 Å². The van der Waals surface area contributed by atoms with Crippen molar-refractivity contribution < 1.29 is 14.3 Å². The van der Waals surface area contributed by atoms with Crippen LogP contribution in [0, 0.1) is 0 Å². The lowest BCUT2D eigenvalue weighted by atomic mass is 9.97. The van der Waals surface area contributed by atoms with Crippen LogP contribution >= 0.6 is 0 Å². The van der Waals surface area contributed by atoms with Crippen LogP contribution in [0.3, 0.4) is 0 Å². The summed E-state index contributed by atoms with van der Waals surface area (Å²) in [4.78, 5) is 15.8. The van der Waals surface area contributed by atoms with E-state index in [1.165, 1.54) is 6.92 Å². The van der Waals surface area contributed by atoms with Gasteiger partial charge < -0.3 is 14.8 Å². The van der Waals surface area contributed by atoms with Gasteiger partial charge in [0.25, 0.3) is 5.91 Å². The number of amides is 1. The highest BCUT2D eigenvalue weighted by Crippen LogP contribution is 2.27. The van der Waals surface area contributed by atoms with Crippen LogP contribution in [-0.2, 0) is 10.2 Å². The van der Waals surface area contributed by atoms with E-state index in [0.29, 0.717) is 22.7 Å². The number of fused-ring (bicyclic) bond motifs is 1. The summed E-state index contributed by atoms with van der Waals surface area (Å²) in [5, 5.41) is 11.8. The predicted octanol–water partition coefficient (Wildman–Crippen LogP) is 2.44. The average Bonchev–Trinajstić information content (AvgIpc) is 2.71. The molecule has 1 aromatic carbocycles. The molecule has 0 aliphatic heterocycles. The normalized spacial score (nSPS) is 13.5. The SMILES string of the molecule is CC(O)C(=O)Nc1ccc2oc(C(C)(C)C)nc2c1. The largest absolute Gasteiger partial charge is 0.440 e. The molecule has 1 aromatic heterocycles. The Morgan fingerprint density at radius 2 is 2.11 bits per heavy atom. The van der Waals surface area contributed by atoms with Gasteiger partial charge in [-0.15, -0.1) is 0 Å². The molecule has 1 heterocycles. The van der Waals surface area contributed by atoms with Gasteiger partial charge in [0.1, 0.15) is 11.6 Å². The van der Waals surface area contributed by atoms with Gasteiger partial charge >= 0.3 is 0 Å². The first kappa shape index (κ1) is 13.5. The summed E-state index contributed by atoms with van der Waals surface area (Å²) in [6.45, 7) is 7.48. The lowest BCUT2D eigenvalue weighted by Crippen LogP contribution is -2.24. The fraction of sp³-hybridized carbons (Fsp3) is 0.429. The molecule has 0 bridgehead atoms. The number of benzene rings is 1. The van der Waals surface area contributed by atoms with Gasteiger partial charge in [0, 0.05) is 11.1 Å². The number of aliphatic hydroxyl groups is 1. The molecule has 102 valence electrons. The first-order valence-electron chi connectivity index (χ1n) is 6.17. The minimum Gasteiger partial charge on any atom is -0.440 e. The average molecular weight is 262 g/mol. The molecule has 2 rings (SSSR count). The molecule has 0 saturated heterocycles. The first-order valence-corrected chi connectivity index (χ1v) is 6.17. The fourth-order valence-electron chi connectivity index (χ4n) is 1.57. The van der Waals surface area contributed by atoms with E-state index >= 15 is 0 Å². The molecule has 1 atom stereocenters. The number of aromatic nitrogens is 1.